The Labute approximate surface area is 158 Å². The third-order valence-corrected chi connectivity index (χ3v) is 7.31. The van der Waals surface area contributed by atoms with Crippen LogP contribution >= 0.6 is 23.1 Å². The van der Waals surface area contributed by atoms with Crippen LogP contribution in [0.25, 0.3) is 0 Å². The number of esters is 1. The van der Waals surface area contributed by atoms with Gasteiger partial charge in [0.1, 0.15) is 17.4 Å². The van der Waals surface area contributed by atoms with Crippen molar-refractivity contribution >= 4 is 38.9 Å². The zero-order chi connectivity index (χ0) is 19.3. The second-order valence-corrected chi connectivity index (χ2v) is 9.41. The molecule has 0 saturated heterocycles. The van der Waals surface area contributed by atoms with Crippen molar-refractivity contribution in [3.05, 3.63) is 29.3 Å². The molecule has 0 radical (unpaired) electrons. The molecular weight excluding hydrogens is 396 g/mol. The van der Waals surface area contributed by atoms with Crippen molar-refractivity contribution in [2.45, 2.75) is 32.7 Å². The summed E-state index contributed by atoms with van der Waals surface area (Å²) in [6, 6.07) is 7.52. The highest BCUT2D eigenvalue weighted by atomic mass is 32.2. The lowest BCUT2D eigenvalue weighted by molar-refractivity contribution is -0.142. The highest BCUT2D eigenvalue weighted by Gasteiger charge is 2.28. The molecule has 0 spiro atoms. The monoisotopic (exact) mass is 408 g/mol. The van der Waals surface area contributed by atoms with E-state index in [-0.39, 0.29) is 31.3 Å². The van der Waals surface area contributed by atoms with Crippen LogP contribution in [0.15, 0.2) is 31.8 Å². The topological polar surface area (TPSA) is 134 Å². The van der Waals surface area contributed by atoms with E-state index in [4.69, 9.17) is 10.00 Å². The van der Waals surface area contributed by atoms with Gasteiger partial charge in [-0.3, -0.25) is 4.79 Å². The molecule has 0 saturated carbocycles. The second-order valence-electron chi connectivity index (χ2n) is 4.75. The lowest BCUT2D eigenvalue weighted by atomic mass is 10.1. The van der Waals surface area contributed by atoms with E-state index in [1.54, 1.807) is 26.0 Å². The second kappa shape index (κ2) is 8.27. The Hall–Kier alpha value is -2.47. The fourth-order valence-corrected chi connectivity index (χ4v) is 5.72. The number of rotatable bonds is 6. The number of carbonyl (C=O) groups excluding carboxylic acids is 1. The maximum absolute atomic E-state index is 12.8. The van der Waals surface area contributed by atoms with Gasteiger partial charge in [-0.15, -0.1) is 10.2 Å². The summed E-state index contributed by atoms with van der Waals surface area (Å²) >= 11 is 1.81. The number of ether oxygens (including phenoxy) is 1. The number of aromatic nitrogens is 2. The Morgan fingerprint density at radius 2 is 2.08 bits per heavy atom. The molecule has 1 atom stereocenters. The molecule has 2 rings (SSSR count). The highest BCUT2D eigenvalue weighted by molar-refractivity contribution is 8.02. The molecule has 1 aromatic heterocycles. The van der Waals surface area contributed by atoms with Crippen LogP contribution in [0.3, 0.4) is 0 Å². The third-order valence-electron chi connectivity index (χ3n) is 3.06. The molecule has 134 valence electrons. The lowest BCUT2D eigenvalue weighted by Crippen LogP contribution is -2.16. The third kappa shape index (κ3) is 4.02. The number of hydrogen-bond donors (Lipinski definition) is 0. The molecule has 0 aliphatic heterocycles. The minimum absolute atomic E-state index is 0.0383. The van der Waals surface area contributed by atoms with E-state index in [1.165, 1.54) is 18.2 Å². The van der Waals surface area contributed by atoms with Crippen molar-refractivity contribution in [3.8, 4) is 12.1 Å². The zero-order valence-corrected chi connectivity index (χ0v) is 16.1. The molecule has 1 unspecified atom stereocenters. The first-order chi connectivity index (χ1) is 12.3. The predicted molar refractivity (Wildman–Crippen MR) is 93.2 cm³/mol. The van der Waals surface area contributed by atoms with E-state index in [0.717, 1.165) is 23.1 Å². The molecule has 0 aliphatic carbocycles. The van der Waals surface area contributed by atoms with Crippen LogP contribution in [0.4, 0.5) is 0 Å². The fourth-order valence-electron chi connectivity index (χ4n) is 1.87. The van der Waals surface area contributed by atoms with Gasteiger partial charge in [-0.2, -0.15) is 10.5 Å². The van der Waals surface area contributed by atoms with Gasteiger partial charge in [0.05, 0.1) is 22.6 Å². The number of sulfone groups is 1. The van der Waals surface area contributed by atoms with Gasteiger partial charge in [-0.1, -0.05) is 29.2 Å². The van der Waals surface area contributed by atoms with Crippen LogP contribution in [0.2, 0.25) is 0 Å². The first kappa shape index (κ1) is 19.8. The van der Waals surface area contributed by atoms with E-state index in [9.17, 15) is 18.5 Å². The van der Waals surface area contributed by atoms with Crippen molar-refractivity contribution in [3.63, 3.8) is 0 Å². The van der Waals surface area contributed by atoms with Gasteiger partial charge in [0.25, 0.3) is 0 Å². The predicted octanol–water partition coefficient (Wildman–Crippen LogP) is 2.16. The number of nitriles is 2. The van der Waals surface area contributed by atoms with Crippen LogP contribution in [0.5, 0.6) is 0 Å². The first-order valence-corrected chi connectivity index (χ1v) is 10.4. The molecule has 8 nitrogen and oxygen atoms in total. The molecule has 11 heteroatoms. The molecule has 1 heterocycles. The highest BCUT2D eigenvalue weighted by Crippen LogP contribution is 2.33. The van der Waals surface area contributed by atoms with Crippen LogP contribution in [0, 0.1) is 22.7 Å². The van der Waals surface area contributed by atoms with Gasteiger partial charge in [-0.25, -0.2) is 8.42 Å². The SMILES string of the molecule is CCOC(=O)C(C)Sc1nnc(S(=O)(=O)c2cccc(C#N)c2C#N)s1. The summed E-state index contributed by atoms with van der Waals surface area (Å²) in [5, 5.41) is 25.1. The Bertz CT molecular complexity index is 1020. The van der Waals surface area contributed by atoms with Crippen molar-refractivity contribution in [1.82, 2.24) is 10.2 Å². The molecule has 0 amide bonds. The Balaban J connectivity index is 2.36. The number of carbonyl (C=O) groups is 1. The molecule has 2 aromatic rings. The van der Waals surface area contributed by atoms with Crippen molar-refractivity contribution in [1.29, 1.82) is 10.5 Å². The fraction of sp³-hybridized carbons (Fsp3) is 0.267. The summed E-state index contributed by atoms with van der Waals surface area (Å²) in [6.45, 7) is 3.54. The van der Waals surface area contributed by atoms with Gasteiger partial charge in [0, 0.05) is 0 Å². The molecule has 0 N–H and O–H groups in total. The summed E-state index contributed by atoms with van der Waals surface area (Å²) in [6.07, 6.45) is 0. The number of nitrogens with zero attached hydrogens (tertiary/aromatic N) is 4. The summed E-state index contributed by atoms with van der Waals surface area (Å²) in [5.74, 6) is -0.439. The maximum atomic E-state index is 12.8. The van der Waals surface area contributed by atoms with Gasteiger partial charge in [0.15, 0.2) is 4.34 Å². The number of hydrogen-bond acceptors (Lipinski definition) is 10. The summed E-state index contributed by atoms with van der Waals surface area (Å²) < 4.78 is 30.4. The lowest BCUT2D eigenvalue weighted by Gasteiger charge is -2.07. The van der Waals surface area contributed by atoms with Crippen molar-refractivity contribution in [2.75, 3.05) is 6.61 Å². The van der Waals surface area contributed by atoms with Crippen LogP contribution in [0.1, 0.15) is 25.0 Å². The van der Waals surface area contributed by atoms with E-state index < -0.39 is 21.1 Å². The minimum Gasteiger partial charge on any atom is -0.465 e. The molecule has 0 aliphatic rings. The minimum atomic E-state index is -4.12. The largest absolute Gasteiger partial charge is 0.465 e. The summed E-state index contributed by atoms with van der Waals surface area (Å²) in [5.41, 5.74) is -0.275. The number of benzene rings is 1. The van der Waals surface area contributed by atoms with E-state index in [0.29, 0.717) is 0 Å². The van der Waals surface area contributed by atoms with Gasteiger partial charge in [0.2, 0.25) is 14.2 Å². The standard InChI is InChI=1S/C15H12N4O4S3/c1-3-23-13(20)9(2)24-14-18-19-15(25-14)26(21,22)12-6-4-5-10(7-16)11(12)8-17/h4-6,9H,3H2,1-2H3. The molecule has 1 aromatic carbocycles. The van der Waals surface area contributed by atoms with Crippen LogP contribution in [-0.4, -0.2) is 36.4 Å². The molecule has 0 bridgehead atoms. The normalized spacial score (nSPS) is 12.0. The zero-order valence-electron chi connectivity index (χ0n) is 13.7. The average molecular weight is 408 g/mol. The van der Waals surface area contributed by atoms with Gasteiger partial charge in [-0.05, 0) is 26.0 Å². The number of thioether (sulfide) groups is 1. The Morgan fingerprint density at radius 1 is 1.35 bits per heavy atom. The van der Waals surface area contributed by atoms with Crippen LogP contribution in [-0.2, 0) is 19.4 Å². The van der Waals surface area contributed by atoms with Gasteiger partial charge < -0.3 is 4.74 Å². The maximum Gasteiger partial charge on any atom is 0.319 e. The molecular formula is C15H12N4O4S3. The Kier molecular flexibility index (Phi) is 6.32. The quantitative estimate of drug-likeness (QED) is 0.520. The molecule has 26 heavy (non-hydrogen) atoms. The van der Waals surface area contributed by atoms with E-state index >= 15 is 0 Å². The first-order valence-electron chi connectivity index (χ1n) is 7.20. The summed E-state index contributed by atoms with van der Waals surface area (Å²) in [7, 11) is -4.12. The van der Waals surface area contributed by atoms with E-state index in [1.807, 2.05) is 0 Å². The van der Waals surface area contributed by atoms with Crippen molar-refractivity contribution in [2.24, 2.45) is 0 Å². The van der Waals surface area contributed by atoms with Gasteiger partial charge >= 0.3 is 5.97 Å². The van der Waals surface area contributed by atoms with E-state index in [2.05, 4.69) is 10.2 Å². The molecule has 0 fully saturated rings. The Morgan fingerprint density at radius 3 is 2.69 bits per heavy atom. The van der Waals surface area contributed by atoms with Crippen LogP contribution < -0.4 is 0 Å². The average Bonchev–Trinajstić information content (AvgIpc) is 3.10. The van der Waals surface area contributed by atoms with Crippen molar-refractivity contribution < 1.29 is 17.9 Å². The smallest absolute Gasteiger partial charge is 0.319 e. The summed E-state index contributed by atoms with van der Waals surface area (Å²) in [4.78, 5) is 11.4.